The Hall–Kier alpha value is -1.52. The number of amides is 1. The molecule has 1 rings (SSSR count). The number of nitrogens with zero attached hydrogens (tertiary/aromatic N) is 2. The summed E-state index contributed by atoms with van der Waals surface area (Å²) in [5.74, 6) is 0.679. The highest BCUT2D eigenvalue weighted by atomic mass is 16.5. The number of hydrogen-bond acceptors (Lipinski definition) is 3. The molecule has 0 atom stereocenters. The lowest BCUT2D eigenvalue weighted by Crippen LogP contribution is -2.20. The van der Waals surface area contributed by atoms with Crippen LogP contribution in [0.15, 0.2) is 12.4 Å². The lowest BCUT2D eigenvalue weighted by Gasteiger charge is -2.04. The molecule has 0 aromatic carbocycles. The Kier molecular flexibility index (Phi) is 4.15. The Morgan fingerprint density at radius 2 is 2.40 bits per heavy atom. The van der Waals surface area contributed by atoms with Crippen molar-refractivity contribution in [3.63, 3.8) is 0 Å². The van der Waals surface area contributed by atoms with Crippen molar-refractivity contribution < 1.29 is 9.53 Å². The second kappa shape index (κ2) is 5.38. The molecular formula is C10H17N3O2. The molecule has 1 aromatic rings. The Balaban J connectivity index is 2.34. The van der Waals surface area contributed by atoms with Gasteiger partial charge in [-0.3, -0.25) is 9.48 Å². The van der Waals surface area contributed by atoms with Crippen LogP contribution in [0.25, 0.3) is 0 Å². The van der Waals surface area contributed by atoms with Gasteiger partial charge in [0, 0.05) is 13.1 Å². The average molecular weight is 211 g/mol. The molecule has 0 unspecified atom stereocenters. The maximum atomic E-state index is 10.9. The molecule has 0 bridgehead atoms. The van der Waals surface area contributed by atoms with E-state index in [0.29, 0.717) is 24.8 Å². The van der Waals surface area contributed by atoms with Crippen molar-refractivity contribution in [2.24, 2.45) is 0 Å². The highest BCUT2D eigenvalue weighted by Crippen LogP contribution is 2.12. The monoisotopic (exact) mass is 211 g/mol. The van der Waals surface area contributed by atoms with Crippen molar-refractivity contribution in [1.82, 2.24) is 15.1 Å². The van der Waals surface area contributed by atoms with Gasteiger partial charge in [-0.15, -0.1) is 0 Å². The van der Waals surface area contributed by atoms with Crippen LogP contribution in [0.2, 0.25) is 0 Å². The fourth-order valence-electron chi connectivity index (χ4n) is 1.06. The van der Waals surface area contributed by atoms with Gasteiger partial charge in [0.2, 0.25) is 5.91 Å². The lowest BCUT2D eigenvalue weighted by molar-refractivity contribution is -0.121. The van der Waals surface area contributed by atoms with Gasteiger partial charge in [0.05, 0.1) is 25.4 Å². The third kappa shape index (κ3) is 3.61. The van der Waals surface area contributed by atoms with Gasteiger partial charge in [-0.25, -0.2) is 0 Å². The van der Waals surface area contributed by atoms with E-state index in [1.54, 1.807) is 13.2 Å². The third-order valence-corrected chi connectivity index (χ3v) is 1.98. The van der Waals surface area contributed by atoms with E-state index in [0.717, 1.165) is 0 Å². The van der Waals surface area contributed by atoms with Gasteiger partial charge >= 0.3 is 0 Å². The van der Waals surface area contributed by atoms with E-state index in [1.165, 1.54) is 0 Å². The molecule has 1 N–H and O–H groups in total. The van der Waals surface area contributed by atoms with Gasteiger partial charge in [-0.05, 0) is 13.8 Å². The summed E-state index contributed by atoms with van der Waals surface area (Å²) in [6, 6.07) is 0.321. The molecule has 0 radical (unpaired) electrons. The maximum Gasteiger partial charge on any atom is 0.223 e. The van der Waals surface area contributed by atoms with E-state index < -0.39 is 0 Å². The minimum Gasteiger partial charge on any atom is -0.490 e. The van der Waals surface area contributed by atoms with E-state index >= 15 is 0 Å². The van der Waals surface area contributed by atoms with E-state index in [9.17, 15) is 4.79 Å². The number of carbonyl (C=O) groups is 1. The molecule has 0 saturated carbocycles. The van der Waals surface area contributed by atoms with E-state index in [1.807, 2.05) is 24.7 Å². The summed E-state index contributed by atoms with van der Waals surface area (Å²) < 4.78 is 7.18. The first-order valence-corrected chi connectivity index (χ1v) is 5.01. The largest absolute Gasteiger partial charge is 0.490 e. The summed E-state index contributed by atoms with van der Waals surface area (Å²) in [5, 5.41) is 6.66. The van der Waals surface area contributed by atoms with Crippen molar-refractivity contribution in [2.45, 2.75) is 26.3 Å². The molecule has 0 spiro atoms. The molecule has 0 saturated heterocycles. The molecule has 5 nitrogen and oxygen atoms in total. The summed E-state index contributed by atoms with van der Waals surface area (Å²) in [7, 11) is 1.61. The zero-order valence-electron chi connectivity index (χ0n) is 9.36. The minimum absolute atomic E-state index is 0.0220. The molecule has 1 aromatic heterocycles. The fraction of sp³-hybridized carbons (Fsp3) is 0.600. The summed E-state index contributed by atoms with van der Waals surface area (Å²) in [4.78, 5) is 10.9. The molecular weight excluding hydrogens is 194 g/mol. The second-order valence-electron chi connectivity index (χ2n) is 3.52. The normalized spacial score (nSPS) is 10.4. The van der Waals surface area contributed by atoms with E-state index in [2.05, 4.69) is 10.4 Å². The lowest BCUT2D eigenvalue weighted by atomic mass is 10.4. The number of rotatable bonds is 5. The number of aromatic nitrogens is 2. The van der Waals surface area contributed by atoms with E-state index in [4.69, 9.17) is 4.74 Å². The van der Waals surface area contributed by atoms with Crippen molar-refractivity contribution >= 4 is 5.91 Å². The van der Waals surface area contributed by atoms with Gasteiger partial charge in [0.1, 0.15) is 0 Å². The van der Waals surface area contributed by atoms with Crippen molar-refractivity contribution in [3.8, 4) is 5.75 Å². The summed E-state index contributed by atoms with van der Waals surface area (Å²) in [6.07, 6.45) is 3.85. The van der Waals surface area contributed by atoms with Crippen molar-refractivity contribution in [1.29, 1.82) is 0 Å². The van der Waals surface area contributed by atoms with E-state index in [-0.39, 0.29) is 5.91 Å². The molecule has 1 heterocycles. The third-order valence-electron chi connectivity index (χ3n) is 1.98. The van der Waals surface area contributed by atoms with Gasteiger partial charge in [-0.2, -0.15) is 5.10 Å². The first-order chi connectivity index (χ1) is 7.13. The van der Waals surface area contributed by atoms with Crippen LogP contribution in [0.3, 0.4) is 0 Å². The quantitative estimate of drug-likeness (QED) is 0.789. The molecule has 84 valence electrons. The smallest absolute Gasteiger partial charge is 0.223 e. The number of ether oxygens (including phenoxy) is 1. The molecule has 0 aliphatic rings. The molecule has 1 amide bonds. The van der Waals surface area contributed by atoms with Crippen LogP contribution >= 0.6 is 0 Å². The number of carbonyl (C=O) groups excluding carboxylic acids is 1. The van der Waals surface area contributed by atoms with Crippen LogP contribution in [-0.2, 0) is 4.79 Å². The zero-order chi connectivity index (χ0) is 11.3. The number of hydrogen-bond donors (Lipinski definition) is 1. The van der Waals surface area contributed by atoms with Crippen LogP contribution in [-0.4, -0.2) is 29.3 Å². The van der Waals surface area contributed by atoms with Crippen LogP contribution in [0.4, 0.5) is 0 Å². The van der Waals surface area contributed by atoms with Gasteiger partial charge in [0.15, 0.2) is 5.75 Å². The minimum atomic E-state index is -0.0220. The summed E-state index contributed by atoms with van der Waals surface area (Å²) in [6.45, 7) is 4.46. The summed E-state index contributed by atoms with van der Waals surface area (Å²) in [5.41, 5.74) is 0. The second-order valence-corrected chi connectivity index (χ2v) is 3.52. The zero-order valence-corrected chi connectivity index (χ0v) is 9.36. The Morgan fingerprint density at radius 1 is 1.67 bits per heavy atom. The first-order valence-electron chi connectivity index (χ1n) is 5.01. The Bertz CT molecular complexity index is 320. The van der Waals surface area contributed by atoms with Crippen LogP contribution in [0.5, 0.6) is 5.75 Å². The molecule has 5 heteroatoms. The Labute approximate surface area is 89.4 Å². The molecule has 15 heavy (non-hydrogen) atoms. The van der Waals surface area contributed by atoms with Gasteiger partial charge < -0.3 is 10.1 Å². The maximum absolute atomic E-state index is 10.9. The standard InChI is InChI=1S/C10H17N3O2/c1-8(2)13-7-9(6-12-13)15-5-4-10(14)11-3/h6-8H,4-5H2,1-3H3,(H,11,14). The van der Waals surface area contributed by atoms with Gasteiger partial charge in [0.25, 0.3) is 0 Å². The highest BCUT2D eigenvalue weighted by molar-refractivity contribution is 5.75. The SMILES string of the molecule is CNC(=O)CCOc1cnn(C(C)C)c1. The summed E-state index contributed by atoms with van der Waals surface area (Å²) >= 11 is 0. The predicted octanol–water partition coefficient (Wildman–Crippen LogP) is 0.979. The van der Waals surface area contributed by atoms with Crippen molar-refractivity contribution in [2.75, 3.05) is 13.7 Å². The molecule has 0 fully saturated rings. The van der Waals surface area contributed by atoms with Gasteiger partial charge in [-0.1, -0.05) is 0 Å². The number of nitrogens with one attached hydrogen (secondary N) is 1. The van der Waals surface area contributed by atoms with Crippen LogP contribution in [0.1, 0.15) is 26.3 Å². The first kappa shape index (κ1) is 11.6. The Morgan fingerprint density at radius 3 is 2.93 bits per heavy atom. The predicted molar refractivity (Wildman–Crippen MR) is 56.8 cm³/mol. The van der Waals surface area contributed by atoms with Crippen LogP contribution in [0, 0.1) is 0 Å². The average Bonchev–Trinajstić information content (AvgIpc) is 2.66. The topological polar surface area (TPSA) is 56.1 Å². The van der Waals surface area contributed by atoms with Crippen LogP contribution < -0.4 is 10.1 Å². The highest BCUT2D eigenvalue weighted by Gasteiger charge is 2.03. The molecule has 0 aliphatic carbocycles. The molecule has 0 aliphatic heterocycles. The fourth-order valence-corrected chi connectivity index (χ4v) is 1.06. The van der Waals surface area contributed by atoms with Crippen molar-refractivity contribution in [3.05, 3.63) is 12.4 Å².